The molecule has 2 unspecified atom stereocenters. The molecule has 0 aliphatic carbocycles. The van der Waals surface area contributed by atoms with Crippen LogP contribution in [0.4, 0.5) is 0 Å². The van der Waals surface area contributed by atoms with Crippen molar-refractivity contribution in [1.29, 1.82) is 0 Å². The van der Waals surface area contributed by atoms with Crippen molar-refractivity contribution in [2.75, 3.05) is 32.7 Å². The van der Waals surface area contributed by atoms with Gasteiger partial charge in [0, 0.05) is 32.2 Å². The molecule has 0 saturated carbocycles. The van der Waals surface area contributed by atoms with Crippen LogP contribution in [0.25, 0.3) is 0 Å². The monoisotopic (exact) mass is 365 g/mol. The minimum Gasteiger partial charge on any atom is -0.340 e. The Morgan fingerprint density at radius 2 is 2.04 bits per heavy atom. The van der Waals surface area contributed by atoms with Gasteiger partial charge in [-0.3, -0.25) is 9.59 Å². The predicted molar refractivity (Wildman–Crippen MR) is 101 cm³/mol. The molecule has 1 aromatic rings. The van der Waals surface area contributed by atoms with E-state index in [0.29, 0.717) is 13.1 Å². The molecular formula is C19H28ClN3O2. The summed E-state index contributed by atoms with van der Waals surface area (Å²) in [5.41, 5.74) is 1.09. The first-order chi connectivity index (χ1) is 11.7. The second-order valence-corrected chi connectivity index (χ2v) is 6.72. The lowest BCUT2D eigenvalue weighted by Gasteiger charge is -2.42. The molecule has 1 aromatic carbocycles. The predicted octanol–water partition coefficient (Wildman–Crippen LogP) is 2.02. The van der Waals surface area contributed by atoms with Crippen LogP contribution < -0.4 is 5.32 Å². The molecule has 138 valence electrons. The van der Waals surface area contributed by atoms with Crippen LogP contribution in [0.1, 0.15) is 37.7 Å². The molecule has 2 aliphatic heterocycles. The van der Waals surface area contributed by atoms with E-state index in [1.807, 2.05) is 40.1 Å². The van der Waals surface area contributed by atoms with E-state index in [-0.39, 0.29) is 36.2 Å². The number of piperidine rings is 1. The minimum atomic E-state index is -0.0799. The molecule has 1 N–H and O–H groups in total. The van der Waals surface area contributed by atoms with Crippen LogP contribution >= 0.6 is 12.4 Å². The Morgan fingerprint density at radius 3 is 2.72 bits per heavy atom. The molecule has 6 heteroatoms. The standard InChI is InChI=1S/C19H27N3O2.ClH/c1-2-17(15-7-4-3-5-8-15)19(24)21-11-6-9-16(14-21)22-12-10-20-13-18(22)23;/h3-5,7-8,16-17,20H,2,6,9-14H2,1H3;1H. The lowest BCUT2D eigenvalue weighted by Crippen LogP contribution is -2.57. The van der Waals surface area contributed by atoms with Gasteiger partial charge in [0.25, 0.3) is 0 Å². The fraction of sp³-hybridized carbons (Fsp3) is 0.579. The summed E-state index contributed by atoms with van der Waals surface area (Å²) in [4.78, 5) is 29.1. The Labute approximate surface area is 156 Å². The van der Waals surface area contributed by atoms with E-state index < -0.39 is 0 Å². The molecule has 2 atom stereocenters. The summed E-state index contributed by atoms with van der Waals surface area (Å²) in [6.07, 6.45) is 2.77. The van der Waals surface area contributed by atoms with Crippen molar-refractivity contribution in [3.8, 4) is 0 Å². The molecule has 2 fully saturated rings. The van der Waals surface area contributed by atoms with Gasteiger partial charge in [0.2, 0.25) is 11.8 Å². The summed E-state index contributed by atoms with van der Waals surface area (Å²) in [7, 11) is 0. The largest absolute Gasteiger partial charge is 0.340 e. The van der Waals surface area contributed by atoms with Crippen LogP contribution in [0.5, 0.6) is 0 Å². The topological polar surface area (TPSA) is 52.7 Å². The highest BCUT2D eigenvalue weighted by Crippen LogP contribution is 2.25. The second kappa shape index (κ2) is 9.20. The van der Waals surface area contributed by atoms with Crippen LogP contribution in [0.3, 0.4) is 0 Å². The Bertz CT molecular complexity index is 581. The van der Waals surface area contributed by atoms with E-state index in [1.54, 1.807) is 0 Å². The Kier molecular flexibility index (Phi) is 7.26. The number of nitrogens with one attached hydrogen (secondary N) is 1. The number of rotatable bonds is 4. The van der Waals surface area contributed by atoms with Crippen molar-refractivity contribution >= 4 is 24.2 Å². The summed E-state index contributed by atoms with van der Waals surface area (Å²) in [6.45, 7) is 5.56. The molecule has 0 aromatic heterocycles. The van der Waals surface area contributed by atoms with Gasteiger partial charge in [0.1, 0.15) is 0 Å². The van der Waals surface area contributed by atoms with Gasteiger partial charge < -0.3 is 15.1 Å². The zero-order valence-corrected chi connectivity index (χ0v) is 15.6. The SMILES string of the molecule is CCC(C(=O)N1CCCC(N2CCNCC2=O)C1)c1ccccc1.Cl. The molecule has 2 aliphatic rings. The summed E-state index contributed by atoms with van der Waals surface area (Å²) in [5.74, 6) is 0.287. The van der Waals surface area contributed by atoms with Gasteiger partial charge in [-0.25, -0.2) is 0 Å². The summed E-state index contributed by atoms with van der Waals surface area (Å²) in [5, 5.41) is 3.11. The van der Waals surface area contributed by atoms with E-state index in [2.05, 4.69) is 12.2 Å². The van der Waals surface area contributed by atoms with Crippen molar-refractivity contribution in [3.05, 3.63) is 35.9 Å². The van der Waals surface area contributed by atoms with Crippen LogP contribution in [0, 0.1) is 0 Å². The number of nitrogens with zero attached hydrogens (tertiary/aromatic N) is 2. The second-order valence-electron chi connectivity index (χ2n) is 6.72. The molecule has 3 rings (SSSR count). The highest BCUT2D eigenvalue weighted by Gasteiger charge is 2.33. The van der Waals surface area contributed by atoms with Gasteiger partial charge in [-0.05, 0) is 24.8 Å². The van der Waals surface area contributed by atoms with Gasteiger partial charge in [-0.15, -0.1) is 12.4 Å². The number of carbonyl (C=O) groups excluding carboxylic acids is 2. The van der Waals surface area contributed by atoms with E-state index in [9.17, 15) is 9.59 Å². The van der Waals surface area contributed by atoms with Crippen LogP contribution in [0.2, 0.25) is 0 Å². The number of benzene rings is 1. The van der Waals surface area contributed by atoms with Gasteiger partial charge in [0.15, 0.2) is 0 Å². The smallest absolute Gasteiger partial charge is 0.236 e. The number of hydrogen-bond donors (Lipinski definition) is 1. The summed E-state index contributed by atoms with van der Waals surface area (Å²) < 4.78 is 0. The van der Waals surface area contributed by atoms with E-state index in [1.165, 1.54) is 0 Å². The van der Waals surface area contributed by atoms with Gasteiger partial charge >= 0.3 is 0 Å². The average molecular weight is 366 g/mol. The zero-order chi connectivity index (χ0) is 16.9. The van der Waals surface area contributed by atoms with E-state index in [4.69, 9.17) is 0 Å². The Balaban J connectivity index is 0.00000225. The first-order valence-electron chi connectivity index (χ1n) is 9.04. The highest BCUT2D eigenvalue weighted by atomic mass is 35.5. The van der Waals surface area contributed by atoms with Gasteiger partial charge in [-0.2, -0.15) is 0 Å². The molecule has 25 heavy (non-hydrogen) atoms. The molecule has 2 saturated heterocycles. The molecule has 0 radical (unpaired) electrons. The maximum absolute atomic E-state index is 13.0. The number of piperazine rings is 1. The zero-order valence-electron chi connectivity index (χ0n) is 14.8. The number of likely N-dealkylation sites (tertiary alicyclic amines) is 1. The number of carbonyl (C=O) groups is 2. The van der Waals surface area contributed by atoms with Crippen molar-refractivity contribution < 1.29 is 9.59 Å². The van der Waals surface area contributed by atoms with Gasteiger partial charge in [0.05, 0.1) is 12.5 Å². The molecule has 0 spiro atoms. The van der Waals surface area contributed by atoms with Crippen molar-refractivity contribution in [3.63, 3.8) is 0 Å². The number of amides is 2. The lowest BCUT2D eigenvalue weighted by molar-refractivity contribution is -0.141. The van der Waals surface area contributed by atoms with Crippen molar-refractivity contribution in [2.45, 2.75) is 38.1 Å². The van der Waals surface area contributed by atoms with Crippen molar-refractivity contribution in [1.82, 2.24) is 15.1 Å². The summed E-state index contributed by atoms with van der Waals surface area (Å²) >= 11 is 0. The molecular weight excluding hydrogens is 338 g/mol. The third-order valence-electron chi connectivity index (χ3n) is 5.18. The van der Waals surface area contributed by atoms with Crippen LogP contribution in [0.15, 0.2) is 30.3 Å². The van der Waals surface area contributed by atoms with Crippen LogP contribution in [-0.4, -0.2) is 60.4 Å². The Morgan fingerprint density at radius 1 is 1.28 bits per heavy atom. The molecule has 2 amide bonds. The molecule has 0 bridgehead atoms. The maximum Gasteiger partial charge on any atom is 0.236 e. The third kappa shape index (κ3) is 4.53. The first-order valence-corrected chi connectivity index (χ1v) is 9.04. The first kappa shape index (κ1) is 19.7. The van der Waals surface area contributed by atoms with E-state index in [0.717, 1.165) is 44.5 Å². The van der Waals surface area contributed by atoms with Crippen LogP contribution in [-0.2, 0) is 9.59 Å². The molecule has 5 nitrogen and oxygen atoms in total. The van der Waals surface area contributed by atoms with E-state index >= 15 is 0 Å². The quantitative estimate of drug-likeness (QED) is 0.888. The average Bonchev–Trinajstić information content (AvgIpc) is 2.64. The highest BCUT2D eigenvalue weighted by molar-refractivity contribution is 5.85. The maximum atomic E-state index is 13.0. The van der Waals surface area contributed by atoms with Crippen molar-refractivity contribution in [2.24, 2.45) is 0 Å². The summed E-state index contributed by atoms with van der Waals surface area (Å²) in [6, 6.07) is 10.2. The normalized spacial score (nSPS) is 22.3. The van der Waals surface area contributed by atoms with Gasteiger partial charge in [-0.1, -0.05) is 37.3 Å². The lowest BCUT2D eigenvalue weighted by atomic mass is 9.93. The fourth-order valence-electron chi connectivity index (χ4n) is 3.88. The number of hydrogen-bond acceptors (Lipinski definition) is 3. The molecule has 2 heterocycles. The third-order valence-corrected chi connectivity index (χ3v) is 5.18. The number of halogens is 1. The Hall–Kier alpha value is -1.59. The minimum absolute atomic E-state index is 0. The fourth-order valence-corrected chi connectivity index (χ4v) is 3.88.